The lowest BCUT2D eigenvalue weighted by molar-refractivity contribution is 0.284. The van der Waals surface area contributed by atoms with Crippen LogP contribution >= 0.6 is 23.2 Å². The Morgan fingerprint density at radius 3 is 2.46 bits per heavy atom. The Labute approximate surface area is 171 Å². The summed E-state index contributed by atoms with van der Waals surface area (Å²) in [6.07, 6.45) is 0. The molecule has 3 aromatic rings. The van der Waals surface area contributed by atoms with Gasteiger partial charge in [0.05, 0.1) is 17.2 Å². The van der Waals surface area contributed by atoms with Gasteiger partial charge in [-0.2, -0.15) is 0 Å². The number of benzene rings is 3. The van der Waals surface area contributed by atoms with Crippen LogP contribution in [0.15, 0.2) is 54.6 Å². The molecule has 146 valence electrons. The predicted octanol–water partition coefficient (Wildman–Crippen LogP) is 6.47. The van der Waals surface area contributed by atoms with Crippen LogP contribution in [0.1, 0.15) is 11.1 Å². The zero-order valence-corrected chi connectivity index (χ0v) is 16.5. The molecule has 3 aromatic carbocycles. The van der Waals surface area contributed by atoms with Crippen molar-refractivity contribution in [2.24, 2.45) is 0 Å². The molecule has 1 N–H and O–H groups in total. The van der Waals surface area contributed by atoms with E-state index in [1.165, 1.54) is 31.4 Å². The molecule has 3 rings (SSSR count). The summed E-state index contributed by atoms with van der Waals surface area (Å²) in [5, 5.41) is 3.55. The van der Waals surface area contributed by atoms with E-state index < -0.39 is 5.82 Å². The summed E-state index contributed by atoms with van der Waals surface area (Å²) in [6, 6.07) is 14.1. The molecular weight excluding hydrogens is 407 g/mol. The molecule has 7 heteroatoms. The summed E-state index contributed by atoms with van der Waals surface area (Å²) in [7, 11) is 1.51. The van der Waals surface area contributed by atoms with Crippen molar-refractivity contribution in [2.45, 2.75) is 13.2 Å². The first-order valence-electron chi connectivity index (χ1n) is 8.39. The van der Waals surface area contributed by atoms with Gasteiger partial charge in [-0.05, 0) is 53.6 Å². The smallest absolute Gasteiger partial charge is 0.180 e. The summed E-state index contributed by atoms with van der Waals surface area (Å²) >= 11 is 12.1. The van der Waals surface area contributed by atoms with Crippen LogP contribution in [-0.4, -0.2) is 7.11 Å². The Balaban J connectivity index is 1.72. The zero-order valence-electron chi connectivity index (χ0n) is 14.9. The third kappa shape index (κ3) is 5.06. The Morgan fingerprint density at radius 2 is 1.75 bits per heavy atom. The number of hydrogen-bond donors (Lipinski definition) is 1. The standard InChI is InChI=1S/C21H17Cl2F2NO2/c1-27-20-9-14(11-26-16-5-6-19(25)17(22)10-16)8-18(23)21(20)28-12-13-3-2-4-15(24)7-13/h2-10,26H,11-12H2,1H3. The van der Waals surface area contributed by atoms with E-state index in [4.69, 9.17) is 32.7 Å². The largest absolute Gasteiger partial charge is 0.493 e. The number of anilines is 1. The van der Waals surface area contributed by atoms with Crippen LogP contribution in [0.4, 0.5) is 14.5 Å². The average Bonchev–Trinajstić information content (AvgIpc) is 2.67. The summed E-state index contributed by atoms with van der Waals surface area (Å²) in [4.78, 5) is 0. The van der Waals surface area contributed by atoms with Crippen LogP contribution < -0.4 is 14.8 Å². The number of ether oxygens (including phenoxy) is 2. The monoisotopic (exact) mass is 423 g/mol. The van der Waals surface area contributed by atoms with Crippen molar-refractivity contribution in [3.05, 3.63) is 87.4 Å². The SMILES string of the molecule is COc1cc(CNc2ccc(F)c(Cl)c2)cc(Cl)c1OCc1cccc(F)c1. The van der Waals surface area contributed by atoms with Gasteiger partial charge in [0.25, 0.3) is 0 Å². The molecule has 0 fully saturated rings. The molecule has 0 bridgehead atoms. The lowest BCUT2D eigenvalue weighted by Crippen LogP contribution is -2.03. The molecule has 0 unspecified atom stereocenters. The second-order valence-electron chi connectivity index (χ2n) is 6.01. The molecule has 0 saturated heterocycles. The first-order chi connectivity index (χ1) is 13.5. The maximum absolute atomic E-state index is 13.3. The summed E-state index contributed by atoms with van der Waals surface area (Å²) in [5.74, 6) is 0.0260. The van der Waals surface area contributed by atoms with E-state index in [2.05, 4.69) is 5.32 Å². The van der Waals surface area contributed by atoms with Crippen molar-refractivity contribution in [1.82, 2.24) is 0 Å². The molecule has 0 heterocycles. The van der Waals surface area contributed by atoms with Crippen LogP contribution in [0.25, 0.3) is 0 Å². The topological polar surface area (TPSA) is 30.5 Å². The molecule has 0 atom stereocenters. The third-order valence-corrected chi connectivity index (χ3v) is 4.55. The Bertz CT molecular complexity index is 983. The highest BCUT2D eigenvalue weighted by atomic mass is 35.5. The Kier molecular flexibility index (Phi) is 6.60. The van der Waals surface area contributed by atoms with Gasteiger partial charge in [-0.1, -0.05) is 35.3 Å². The molecule has 0 radical (unpaired) electrons. The molecule has 3 nitrogen and oxygen atoms in total. The van der Waals surface area contributed by atoms with Crippen LogP contribution in [0.2, 0.25) is 10.0 Å². The first kappa shape index (κ1) is 20.2. The van der Waals surface area contributed by atoms with Gasteiger partial charge in [-0.25, -0.2) is 8.78 Å². The van der Waals surface area contributed by atoms with E-state index in [0.717, 1.165) is 5.56 Å². The van der Waals surface area contributed by atoms with E-state index in [1.807, 2.05) is 0 Å². The van der Waals surface area contributed by atoms with Gasteiger partial charge in [-0.3, -0.25) is 0 Å². The van der Waals surface area contributed by atoms with Crippen molar-refractivity contribution >= 4 is 28.9 Å². The van der Waals surface area contributed by atoms with Gasteiger partial charge in [0.15, 0.2) is 11.5 Å². The van der Waals surface area contributed by atoms with E-state index in [1.54, 1.807) is 30.3 Å². The van der Waals surface area contributed by atoms with Crippen LogP contribution in [-0.2, 0) is 13.2 Å². The number of halogens is 4. The van der Waals surface area contributed by atoms with Gasteiger partial charge < -0.3 is 14.8 Å². The molecule has 28 heavy (non-hydrogen) atoms. The second-order valence-corrected chi connectivity index (χ2v) is 6.82. The highest BCUT2D eigenvalue weighted by Gasteiger charge is 2.13. The van der Waals surface area contributed by atoms with E-state index in [9.17, 15) is 8.78 Å². The number of nitrogens with one attached hydrogen (secondary N) is 1. The average molecular weight is 424 g/mol. The summed E-state index contributed by atoms with van der Waals surface area (Å²) in [6.45, 7) is 0.571. The summed E-state index contributed by atoms with van der Waals surface area (Å²) < 4.78 is 37.7. The maximum atomic E-state index is 13.3. The van der Waals surface area contributed by atoms with Gasteiger partial charge in [0, 0.05) is 12.2 Å². The van der Waals surface area contributed by atoms with Crippen LogP contribution in [0.3, 0.4) is 0 Å². The predicted molar refractivity (Wildman–Crippen MR) is 107 cm³/mol. The number of methoxy groups -OCH3 is 1. The summed E-state index contributed by atoms with van der Waals surface area (Å²) in [5.41, 5.74) is 2.19. The Hall–Kier alpha value is -2.50. The van der Waals surface area contributed by atoms with Crippen molar-refractivity contribution in [3.63, 3.8) is 0 Å². The van der Waals surface area contributed by atoms with E-state index in [0.29, 0.717) is 34.3 Å². The van der Waals surface area contributed by atoms with Crippen molar-refractivity contribution in [2.75, 3.05) is 12.4 Å². The fourth-order valence-corrected chi connectivity index (χ4v) is 3.08. The molecule has 0 aliphatic carbocycles. The van der Waals surface area contributed by atoms with Crippen molar-refractivity contribution < 1.29 is 18.3 Å². The molecule has 0 spiro atoms. The quantitative estimate of drug-likeness (QED) is 0.472. The lowest BCUT2D eigenvalue weighted by Gasteiger charge is -2.15. The van der Waals surface area contributed by atoms with Gasteiger partial charge in [0.2, 0.25) is 0 Å². The van der Waals surface area contributed by atoms with Crippen LogP contribution in [0, 0.1) is 11.6 Å². The Morgan fingerprint density at radius 1 is 0.929 bits per heavy atom. The van der Waals surface area contributed by atoms with Gasteiger partial charge in [0.1, 0.15) is 18.2 Å². The molecule has 0 aliphatic rings. The minimum atomic E-state index is -0.475. The number of rotatable bonds is 7. The molecule has 0 saturated carbocycles. The van der Waals surface area contributed by atoms with Crippen molar-refractivity contribution in [1.29, 1.82) is 0 Å². The zero-order chi connectivity index (χ0) is 20.1. The minimum Gasteiger partial charge on any atom is -0.493 e. The number of hydrogen-bond acceptors (Lipinski definition) is 3. The van der Waals surface area contributed by atoms with E-state index in [-0.39, 0.29) is 17.4 Å². The molecule has 0 aliphatic heterocycles. The second kappa shape index (κ2) is 9.13. The van der Waals surface area contributed by atoms with Gasteiger partial charge in [-0.15, -0.1) is 0 Å². The first-order valence-corrected chi connectivity index (χ1v) is 9.14. The normalized spacial score (nSPS) is 10.6. The highest BCUT2D eigenvalue weighted by molar-refractivity contribution is 6.32. The van der Waals surface area contributed by atoms with Crippen LogP contribution in [0.5, 0.6) is 11.5 Å². The minimum absolute atomic E-state index is 0.0432. The highest BCUT2D eigenvalue weighted by Crippen LogP contribution is 2.37. The van der Waals surface area contributed by atoms with Crippen molar-refractivity contribution in [3.8, 4) is 11.5 Å². The molecule has 0 amide bonds. The fraction of sp³-hybridized carbons (Fsp3) is 0.143. The van der Waals surface area contributed by atoms with Gasteiger partial charge >= 0.3 is 0 Å². The molecular formula is C21H17Cl2F2NO2. The lowest BCUT2D eigenvalue weighted by atomic mass is 10.2. The van der Waals surface area contributed by atoms with E-state index >= 15 is 0 Å². The maximum Gasteiger partial charge on any atom is 0.180 e. The third-order valence-electron chi connectivity index (χ3n) is 3.98. The fourth-order valence-electron chi connectivity index (χ4n) is 2.61. The molecule has 0 aromatic heterocycles.